The Balaban J connectivity index is 1.78. The van der Waals surface area contributed by atoms with Gasteiger partial charge in [0.15, 0.2) is 5.96 Å². The maximum atomic E-state index is 12.2. The molecule has 1 saturated carbocycles. The molecule has 0 unspecified atom stereocenters. The lowest BCUT2D eigenvalue weighted by molar-refractivity contribution is -0.125. The van der Waals surface area contributed by atoms with Gasteiger partial charge in [0.2, 0.25) is 5.91 Å². The lowest BCUT2D eigenvalue weighted by Crippen LogP contribution is -2.43. The van der Waals surface area contributed by atoms with Crippen molar-refractivity contribution in [3.05, 3.63) is 17.5 Å². The maximum Gasteiger partial charge on any atom is 0.223 e. The van der Waals surface area contributed by atoms with Crippen molar-refractivity contribution in [2.24, 2.45) is 18.0 Å². The molecule has 1 aliphatic carbocycles. The summed E-state index contributed by atoms with van der Waals surface area (Å²) in [5.74, 6) is 1.62. The van der Waals surface area contributed by atoms with Crippen LogP contribution in [-0.2, 0) is 18.4 Å². The van der Waals surface area contributed by atoms with Gasteiger partial charge in [-0.05, 0) is 18.8 Å². The van der Waals surface area contributed by atoms with Crippen molar-refractivity contribution in [3.63, 3.8) is 0 Å². The Morgan fingerprint density at radius 2 is 1.96 bits per heavy atom. The summed E-state index contributed by atoms with van der Waals surface area (Å²) < 4.78 is 1.87. The third kappa shape index (κ3) is 6.26. The Kier molecular flexibility index (Phi) is 8.13. The van der Waals surface area contributed by atoms with Crippen molar-refractivity contribution in [2.75, 3.05) is 27.2 Å². The van der Waals surface area contributed by atoms with Crippen molar-refractivity contribution in [1.29, 1.82) is 0 Å². The van der Waals surface area contributed by atoms with Crippen LogP contribution < -0.4 is 10.6 Å². The minimum absolute atomic E-state index is 0.205. The van der Waals surface area contributed by atoms with E-state index in [-0.39, 0.29) is 11.8 Å². The zero-order valence-corrected chi connectivity index (χ0v) is 17.6. The summed E-state index contributed by atoms with van der Waals surface area (Å²) in [6.07, 6.45) is 7.77. The molecule has 7 heteroatoms. The third-order valence-electron chi connectivity index (χ3n) is 5.15. The van der Waals surface area contributed by atoms with E-state index in [2.05, 4.69) is 45.7 Å². The molecule has 152 valence electrons. The van der Waals surface area contributed by atoms with Gasteiger partial charge in [0.25, 0.3) is 0 Å². The molecule has 0 aromatic carbocycles. The van der Waals surface area contributed by atoms with E-state index in [1.54, 1.807) is 7.05 Å². The highest BCUT2D eigenvalue weighted by Crippen LogP contribution is 2.23. The normalized spacial score (nSPS) is 15.9. The first-order chi connectivity index (χ1) is 12.9. The fraction of sp³-hybridized carbons (Fsp3) is 0.750. The average Bonchev–Trinajstić information content (AvgIpc) is 3.02. The fourth-order valence-electron chi connectivity index (χ4n) is 3.75. The summed E-state index contributed by atoms with van der Waals surface area (Å²) in [4.78, 5) is 18.7. The lowest BCUT2D eigenvalue weighted by Gasteiger charge is -2.23. The standard InChI is InChI=1S/C20H36N6O/c1-15(2)18-17(14-26(5)24-18)13-25(4)20(21-3)23-12-11-22-19(27)16-9-7-6-8-10-16/h14-16H,6-13H2,1-5H3,(H,21,23)(H,22,27). The summed E-state index contributed by atoms with van der Waals surface area (Å²) >= 11 is 0. The number of rotatable bonds is 7. The minimum atomic E-state index is 0.205. The van der Waals surface area contributed by atoms with Crippen LogP contribution >= 0.6 is 0 Å². The highest BCUT2D eigenvalue weighted by Gasteiger charge is 2.20. The molecule has 1 fully saturated rings. The molecule has 0 radical (unpaired) electrons. The highest BCUT2D eigenvalue weighted by molar-refractivity contribution is 5.80. The van der Waals surface area contributed by atoms with Crippen LogP contribution in [0.1, 0.15) is 63.1 Å². The number of carbonyl (C=O) groups is 1. The lowest BCUT2D eigenvalue weighted by atomic mass is 9.89. The van der Waals surface area contributed by atoms with Crippen LogP contribution in [0.2, 0.25) is 0 Å². The molecule has 0 bridgehead atoms. The number of aryl methyl sites for hydroxylation is 1. The van der Waals surface area contributed by atoms with E-state index in [0.29, 0.717) is 19.0 Å². The quantitative estimate of drug-likeness (QED) is 0.435. The van der Waals surface area contributed by atoms with Gasteiger partial charge in [-0.1, -0.05) is 33.1 Å². The van der Waals surface area contributed by atoms with E-state index >= 15 is 0 Å². The summed E-state index contributed by atoms with van der Waals surface area (Å²) in [6, 6.07) is 0. The van der Waals surface area contributed by atoms with Gasteiger partial charge in [-0.25, -0.2) is 0 Å². The molecular formula is C20H36N6O. The molecule has 1 amide bonds. The van der Waals surface area contributed by atoms with Gasteiger partial charge >= 0.3 is 0 Å². The molecule has 0 aliphatic heterocycles. The van der Waals surface area contributed by atoms with E-state index in [4.69, 9.17) is 0 Å². The molecule has 2 N–H and O–H groups in total. The number of carbonyl (C=O) groups excluding carboxylic acids is 1. The van der Waals surface area contributed by atoms with E-state index in [0.717, 1.165) is 31.0 Å². The first-order valence-corrected chi connectivity index (χ1v) is 10.1. The van der Waals surface area contributed by atoms with Crippen molar-refractivity contribution in [2.45, 2.75) is 58.4 Å². The van der Waals surface area contributed by atoms with Crippen molar-refractivity contribution in [1.82, 2.24) is 25.3 Å². The van der Waals surface area contributed by atoms with Gasteiger partial charge in [-0.3, -0.25) is 14.5 Å². The number of hydrogen-bond donors (Lipinski definition) is 2. The molecule has 0 atom stereocenters. The number of guanidine groups is 1. The molecule has 7 nitrogen and oxygen atoms in total. The van der Waals surface area contributed by atoms with E-state index in [9.17, 15) is 4.79 Å². The third-order valence-corrected chi connectivity index (χ3v) is 5.15. The number of amides is 1. The summed E-state index contributed by atoms with van der Waals surface area (Å²) in [7, 11) is 5.76. The molecule has 0 saturated heterocycles. The van der Waals surface area contributed by atoms with Crippen LogP contribution in [0.3, 0.4) is 0 Å². The number of aliphatic imine (C=N–C) groups is 1. The van der Waals surface area contributed by atoms with E-state index < -0.39 is 0 Å². The monoisotopic (exact) mass is 376 g/mol. The average molecular weight is 377 g/mol. The van der Waals surface area contributed by atoms with Gasteiger partial charge in [0, 0.05) is 58.5 Å². The maximum absolute atomic E-state index is 12.2. The summed E-state index contributed by atoms with van der Waals surface area (Å²) in [5.41, 5.74) is 2.34. The SMILES string of the molecule is CN=C(NCCNC(=O)C1CCCCC1)N(C)Cc1cn(C)nc1C(C)C. The Morgan fingerprint density at radius 1 is 1.30 bits per heavy atom. The van der Waals surface area contributed by atoms with Crippen molar-refractivity contribution in [3.8, 4) is 0 Å². The summed E-state index contributed by atoms with van der Waals surface area (Å²) in [6.45, 7) is 6.35. The van der Waals surface area contributed by atoms with Crippen LogP contribution in [-0.4, -0.2) is 53.7 Å². The predicted octanol–water partition coefficient (Wildman–Crippen LogP) is 2.25. The predicted molar refractivity (Wildman–Crippen MR) is 110 cm³/mol. The van der Waals surface area contributed by atoms with E-state index in [1.165, 1.54) is 24.8 Å². The molecule has 1 aromatic heterocycles. The Morgan fingerprint density at radius 3 is 2.59 bits per heavy atom. The second-order valence-corrected chi connectivity index (χ2v) is 7.82. The second-order valence-electron chi connectivity index (χ2n) is 7.82. The van der Waals surface area contributed by atoms with Crippen molar-refractivity contribution < 1.29 is 4.79 Å². The topological polar surface area (TPSA) is 74.6 Å². The molecule has 27 heavy (non-hydrogen) atoms. The van der Waals surface area contributed by atoms with E-state index in [1.807, 2.05) is 18.8 Å². The van der Waals surface area contributed by atoms with Gasteiger partial charge in [-0.2, -0.15) is 5.10 Å². The molecular weight excluding hydrogens is 340 g/mol. The molecule has 1 aliphatic rings. The van der Waals surface area contributed by atoms with Crippen LogP contribution in [0.15, 0.2) is 11.2 Å². The zero-order valence-electron chi connectivity index (χ0n) is 17.6. The molecule has 1 heterocycles. The number of hydrogen-bond acceptors (Lipinski definition) is 3. The van der Waals surface area contributed by atoms with Crippen LogP contribution in [0.5, 0.6) is 0 Å². The Bertz CT molecular complexity index is 630. The smallest absolute Gasteiger partial charge is 0.223 e. The number of nitrogens with one attached hydrogen (secondary N) is 2. The van der Waals surface area contributed by atoms with Gasteiger partial charge in [0.05, 0.1) is 5.69 Å². The molecule has 0 spiro atoms. The van der Waals surface area contributed by atoms with Gasteiger partial charge < -0.3 is 15.5 Å². The van der Waals surface area contributed by atoms with Crippen molar-refractivity contribution >= 4 is 11.9 Å². The minimum Gasteiger partial charge on any atom is -0.354 e. The van der Waals surface area contributed by atoms with Gasteiger partial charge in [-0.15, -0.1) is 0 Å². The van der Waals surface area contributed by atoms with Gasteiger partial charge in [0.1, 0.15) is 0 Å². The summed E-state index contributed by atoms with van der Waals surface area (Å²) in [5, 5.41) is 11.0. The molecule has 1 aromatic rings. The Labute approximate surface area is 163 Å². The first kappa shape index (κ1) is 21.3. The highest BCUT2D eigenvalue weighted by atomic mass is 16.1. The first-order valence-electron chi connectivity index (χ1n) is 10.1. The van der Waals surface area contributed by atoms with Crippen LogP contribution in [0.25, 0.3) is 0 Å². The Hall–Kier alpha value is -2.05. The molecule has 2 rings (SSSR count). The number of aromatic nitrogens is 2. The second kappa shape index (κ2) is 10.3. The zero-order chi connectivity index (χ0) is 19.8. The number of nitrogens with zero attached hydrogens (tertiary/aromatic N) is 4. The van der Waals surface area contributed by atoms with Crippen LogP contribution in [0.4, 0.5) is 0 Å². The largest absolute Gasteiger partial charge is 0.354 e. The fourth-order valence-corrected chi connectivity index (χ4v) is 3.75. The van der Waals surface area contributed by atoms with Crippen LogP contribution in [0, 0.1) is 5.92 Å².